The third kappa shape index (κ3) is 16.0. The molecule has 0 amide bonds. The zero-order valence-corrected chi connectivity index (χ0v) is 50.9. The molecule has 2 aliphatic rings. The molecule has 2 heterocycles. The molecule has 9 aromatic rings. The third-order valence-corrected chi connectivity index (χ3v) is 15.7. The Labute approximate surface area is 546 Å². The number of hydrogen-bond donors (Lipinski definition) is 0. The van der Waals surface area contributed by atoms with E-state index in [1.165, 1.54) is 72.8 Å². The number of carbonyl (C=O) groups is 6. The molecule has 20 heteroatoms. The number of nitrogens with zero attached hydrogens (tertiary/aromatic N) is 3. The molecule has 480 valence electrons. The first-order valence-electron chi connectivity index (χ1n) is 30.5. The second-order valence-electron chi connectivity index (χ2n) is 21.7. The first-order chi connectivity index (χ1) is 46.6. The van der Waals surface area contributed by atoms with E-state index >= 15 is 4.79 Å². The molecule has 0 radical (unpaired) electrons. The highest BCUT2D eigenvalue weighted by atomic mass is 16.8. The van der Waals surface area contributed by atoms with Crippen molar-refractivity contribution >= 4 is 35.8 Å². The highest BCUT2D eigenvalue weighted by molar-refractivity contribution is 5.92. The summed E-state index contributed by atoms with van der Waals surface area (Å²) in [7, 11) is 0. The molecule has 0 unspecified atom stereocenters. The summed E-state index contributed by atoms with van der Waals surface area (Å²) in [6, 6.07) is 75.4. The average molecular weight is 1280 g/mol. The molecule has 20 nitrogen and oxygen atoms in total. The summed E-state index contributed by atoms with van der Waals surface area (Å²) >= 11 is 0. The van der Waals surface area contributed by atoms with E-state index in [9.17, 15) is 29.5 Å². The Bertz CT molecular complexity index is 3940. The molecule has 9 aromatic carbocycles. The van der Waals surface area contributed by atoms with Gasteiger partial charge in [-0.2, -0.15) is 0 Å². The van der Waals surface area contributed by atoms with Crippen LogP contribution in [0.2, 0.25) is 0 Å². The van der Waals surface area contributed by atoms with Crippen molar-refractivity contribution in [1.82, 2.24) is 0 Å². The highest BCUT2D eigenvalue weighted by Gasteiger charge is 2.59. The second-order valence-corrected chi connectivity index (χ2v) is 21.7. The average Bonchev–Trinajstić information content (AvgIpc) is 0.765. The molecule has 0 N–H and O–H groups in total. The van der Waals surface area contributed by atoms with Gasteiger partial charge in [-0.05, 0) is 95.0 Å². The van der Waals surface area contributed by atoms with Crippen LogP contribution in [-0.2, 0) is 57.7 Å². The van der Waals surface area contributed by atoms with Gasteiger partial charge in [0.15, 0.2) is 43.1 Å². The SMILES string of the molecule is [N-]=[N+]=NCCO[C@H]1O[C@H](COC(c2ccccc2)(c2ccccc2)c2ccccc2)[C@@H](OC(=O)c2ccccc2)[C@H](O[C@H]2O[C@H](COC(=O)c3ccccc3)[C@@H](OC(=O)c3ccccc3)[C@H](OC(=O)c3ccccc3)[C@@H]2OC(=O)c2ccccc2)[C@@H]1OC(=O)c1ccccc1. The van der Waals surface area contributed by atoms with Gasteiger partial charge in [-0.3, -0.25) is 0 Å². The molecule has 10 atom stereocenters. The predicted molar refractivity (Wildman–Crippen MR) is 342 cm³/mol. The van der Waals surface area contributed by atoms with Gasteiger partial charge in [0.05, 0.1) is 46.6 Å². The van der Waals surface area contributed by atoms with Crippen LogP contribution < -0.4 is 0 Å². The fraction of sp³-hybridized carbons (Fsp3) is 0.200. The maximum Gasteiger partial charge on any atom is 0.338 e. The van der Waals surface area contributed by atoms with Gasteiger partial charge in [-0.25, -0.2) is 28.8 Å². The van der Waals surface area contributed by atoms with Crippen molar-refractivity contribution in [2.75, 3.05) is 26.4 Å². The summed E-state index contributed by atoms with van der Waals surface area (Å²) in [5.74, 6) is -5.72. The Hall–Kier alpha value is -11.1. The van der Waals surface area contributed by atoms with E-state index < -0.39 is 116 Å². The van der Waals surface area contributed by atoms with Crippen LogP contribution in [0.15, 0.2) is 278 Å². The first kappa shape index (κ1) is 65.4. The molecule has 2 aliphatic heterocycles. The zero-order chi connectivity index (χ0) is 65.8. The van der Waals surface area contributed by atoms with Crippen molar-refractivity contribution < 1.29 is 80.9 Å². The first-order valence-corrected chi connectivity index (χ1v) is 30.5. The summed E-state index contributed by atoms with van der Waals surface area (Å²) in [4.78, 5) is 91.2. The second kappa shape index (κ2) is 32.0. The smallest absolute Gasteiger partial charge is 0.338 e. The number of rotatable bonds is 25. The van der Waals surface area contributed by atoms with E-state index in [2.05, 4.69) is 10.0 Å². The van der Waals surface area contributed by atoms with Gasteiger partial charge in [0.2, 0.25) is 0 Å². The van der Waals surface area contributed by atoms with Crippen molar-refractivity contribution in [3.05, 3.63) is 334 Å². The van der Waals surface area contributed by atoms with Gasteiger partial charge in [-0.15, -0.1) is 0 Å². The van der Waals surface area contributed by atoms with E-state index in [1.54, 1.807) is 109 Å². The summed E-state index contributed by atoms with van der Waals surface area (Å²) in [5, 5.41) is 3.68. The van der Waals surface area contributed by atoms with E-state index in [0.29, 0.717) is 16.7 Å². The molecule has 0 aliphatic carbocycles. The largest absolute Gasteiger partial charge is 0.459 e. The van der Waals surface area contributed by atoms with Crippen LogP contribution in [0.25, 0.3) is 10.4 Å². The monoisotopic (exact) mass is 1280 g/mol. The maximum absolute atomic E-state index is 15.1. The van der Waals surface area contributed by atoms with Crippen molar-refractivity contribution in [3.63, 3.8) is 0 Å². The minimum absolute atomic E-state index is 0.00373. The summed E-state index contributed by atoms with van der Waals surface area (Å²) < 4.78 is 73.5. The van der Waals surface area contributed by atoms with Gasteiger partial charge >= 0.3 is 35.8 Å². The summed E-state index contributed by atoms with van der Waals surface area (Å²) in [6.45, 7) is -1.87. The van der Waals surface area contributed by atoms with Gasteiger partial charge in [0.1, 0.15) is 30.5 Å². The number of benzene rings is 9. The number of azide groups is 1. The number of esters is 6. The van der Waals surface area contributed by atoms with E-state index in [1.807, 2.05) is 91.0 Å². The lowest BCUT2D eigenvalue weighted by Gasteiger charge is -2.49. The Kier molecular flexibility index (Phi) is 22.0. The molecular formula is C75H63N3O17. The molecule has 0 bridgehead atoms. The molecule has 95 heavy (non-hydrogen) atoms. The normalized spacial score (nSPS) is 20.7. The van der Waals surface area contributed by atoms with Crippen molar-refractivity contribution in [2.24, 2.45) is 5.11 Å². The van der Waals surface area contributed by atoms with Crippen LogP contribution in [0, 0.1) is 0 Å². The highest BCUT2D eigenvalue weighted by Crippen LogP contribution is 2.43. The van der Waals surface area contributed by atoms with Crippen molar-refractivity contribution in [2.45, 2.75) is 67.0 Å². The lowest BCUT2D eigenvalue weighted by atomic mass is 9.80. The van der Waals surface area contributed by atoms with Crippen molar-refractivity contribution in [1.29, 1.82) is 0 Å². The Morgan fingerprint density at radius 3 is 1.02 bits per heavy atom. The van der Waals surface area contributed by atoms with Crippen LogP contribution in [0.5, 0.6) is 0 Å². The molecule has 11 rings (SSSR count). The minimum atomic E-state index is -2.11. The number of ether oxygens (including phenoxy) is 11. The number of hydrogen-bond acceptors (Lipinski definition) is 18. The molecular weight excluding hydrogens is 1210 g/mol. The molecule has 0 saturated carbocycles. The van der Waals surface area contributed by atoms with Crippen molar-refractivity contribution in [3.8, 4) is 0 Å². The maximum atomic E-state index is 15.1. The van der Waals surface area contributed by atoms with Gasteiger partial charge in [0, 0.05) is 11.5 Å². The summed E-state index contributed by atoms with van der Waals surface area (Å²) in [6.07, 6.45) is -18.4. The Morgan fingerprint density at radius 2 is 0.653 bits per heavy atom. The van der Waals surface area contributed by atoms with Gasteiger partial charge in [-0.1, -0.05) is 205 Å². The third-order valence-electron chi connectivity index (χ3n) is 15.7. The Balaban J connectivity index is 1.11. The lowest BCUT2D eigenvalue weighted by molar-refractivity contribution is -0.358. The fourth-order valence-corrected chi connectivity index (χ4v) is 11.1. The van der Waals surface area contributed by atoms with E-state index in [0.717, 1.165) is 0 Å². The molecule has 0 aromatic heterocycles. The zero-order valence-electron chi connectivity index (χ0n) is 50.9. The molecule has 2 fully saturated rings. The van der Waals surface area contributed by atoms with Crippen LogP contribution in [0.1, 0.15) is 78.8 Å². The number of carbonyl (C=O) groups excluding carboxylic acids is 6. The molecule has 2 saturated heterocycles. The topological polar surface area (TPSA) is 253 Å². The Morgan fingerprint density at radius 1 is 0.358 bits per heavy atom. The van der Waals surface area contributed by atoms with Crippen LogP contribution >= 0.6 is 0 Å². The van der Waals surface area contributed by atoms with Gasteiger partial charge in [0.25, 0.3) is 0 Å². The fourth-order valence-electron chi connectivity index (χ4n) is 11.1. The van der Waals surface area contributed by atoms with Crippen LogP contribution in [0.3, 0.4) is 0 Å². The predicted octanol–water partition coefficient (Wildman–Crippen LogP) is 12.1. The lowest BCUT2D eigenvalue weighted by Crippen LogP contribution is -2.67. The quantitative estimate of drug-likeness (QED) is 0.00980. The van der Waals surface area contributed by atoms with E-state index in [4.69, 9.17) is 52.1 Å². The minimum Gasteiger partial charge on any atom is -0.459 e. The summed E-state index contributed by atoms with van der Waals surface area (Å²) in [5.41, 5.74) is 10.3. The van der Waals surface area contributed by atoms with Crippen LogP contribution in [0.4, 0.5) is 0 Å². The van der Waals surface area contributed by atoms with Crippen LogP contribution in [-0.4, -0.2) is 124 Å². The molecule has 0 spiro atoms. The van der Waals surface area contributed by atoms with Gasteiger partial charge < -0.3 is 52.1 Å². The standard InChI is InChI=1S/C75H63N3O17/c76-78-77-46-47-85-73-65(93-71(83)54-36-18-5-19-37-54)64(62(91-69(81)52-32-14-3-15-33-52)60(88-73)49-87-75(56-40-22-7-23-41-56,57-42-24-8-25-43-57)58-44-26-9-27-45-58)95-74-66(94-72(84)55-38-20-6-21-39-55)63(92-70(82)53-34-16-4-17-35-53)61(90-68(80)51-30-12-2-13-31-51)59(89-74)48-86-67(79)50-28-10-1-11-29-50/h1-45,59-66,73-74H,46-49H2/t59-,60-,61-,62-,63+,64+,65+,66+,73+,74-/m1/s1. The van der Waals surface area contributed by atoms with E-state index in [-0.39, 0.29) is 46.5 Å².